The molecule has 0 radical (unpaired) electrons. The second-order valence-electron chi connectivity index (χ2n) is 6.18. The average Bonchev–Trinajstić information content (AvgIpc) is 3.13. The van der Waals surface area contributed by atoms with Crippen molar-refractivity contribution < 1.29 is 18.4 Å². The second kappa shape index (κ2) is 8.16. The Labute approximate surface area is 150 Å². The van der Waals surface area contributed by atoms with E-state index in [2.05, 4.69) is 5.32 Å². The third-order valence-electron chi connectivity index (χ3n) is 3.69. The predicted octanol–water partition coefficient (Wildman–Crippen LogP) is 3.45. The summed E-state index contributed by atoms with van der Waals surface area (Å²) in [6.45, 7) is 3.90. The summed E-state index contributed by atoms with van der Waals surface area (Å²) in [5.41, 5.74) is -0.193. The van der Waals surface area contributed by atoms with E-state index in [9.17, 15) is 14.0 Å². The number of alkyl halides is 1. The van der Waals surface area contributed by atoms with Crippen molar-refractivity contribution in [2.45, 2.75) is 13.8 Å². The first-order chi connectivity index (χ1) is 11.8. The maximum atomic E-state index is 13.2. The molecule has 0 atom stereocenters. The van der Waals surface area contributed by atoms with E-state index in [1.54, 1.807) is 26.0 Å². The lowest BCUT2D eigenvalue weighted by Crippen LogP contribution is -2.43. The standard InChI is InChI=1S/C18H20ClFN2O3/c1-18(2,12-19)17(24)21-9-10-22(14-7-5-13(20)6-8-14)16(23)15-4-3-11-25-15/h3-8,11H,9-10,12H2,1-2H3,(H,21,24). The number of nitrogens with zero attached hydrogens (tertiary/aromatic N) is 1. The number of amides is 2. The zero-order valence-electron chi connectivity index (χ0n) is 14.1. The van der Waals surface area contributed by atoms with Crippen LogP contribution in [0.4, 0.5) is 10.1 Å². The minimum Gasteiger partial charge on any atom is -0.459 e. The summed E-state index contributed by atoms with van der Waals surface area (Å²) >= 11 is 5.78. The Balaban J connectivity index is 2.11. The van der Waals surface area contributed by atoms with Crippen LogP contribution >= 0.6 is 11.6 Å². The van der Waals surface area contributed by atoms with E-state index in [-0.39, 0.29) is 36.5 Å². The Morgan fingerprint density at radius 3 is 2.48 bits per heavy atom. The highest BCUT2D eigenvalue weighted by Crippen LogP contribution is 2.19. The molecule has 0 saturated heterocycles. The van der Waals surface area contributed by atoms with E-state index < -0.39 is 11.2 Å². The molecule has 7 heteroatoms. The highest BCUT2D eigenvalue weighted by Gasteiger charge is 2.27. The van der Waals surface area contributed by atoms with Gasteiger partial charge in [0, 0.05) is 24.7 Å². The van der Waals surface area contributed by atoms with Gasteiger partial charge < -0.3 is 14.6 Å². The number of benzene rings is 1. The van der Waals surface area contributed by atoms with Crippen LogP contribution in [0.15, 0.2) is 47.1 Å². The van der Waals surface area contributed by atoms with Crippen molar-refractivity contribution in [3.63, 3.8) is 0 Å². The van der Waals surface area contributed by atoms with Crippen LogP contribution < -0.4 is 10.2 Å². The Bertz CT molecular complexity index is 714. The Morgan fingerprint density at radius 2 is 1.92 bits per heavy atom. The van der Waals surface area contributed by atoms with Gasteiger partial charge in [0.05, 0.1) is 11.7 Å². The van der Waals surface area contributed by atoms with E-state index in [1.807, 2.05) is 0 Å². The Morgan fingerprint density at radius 1 is 1.24 bits per heavy atom. The summed E-state index contributed by atoms with van der Waals surface area (Å²) in [6.07, 6.45) is 1.40. The van der Waals surface area contributed by atoms with Gasteiger partial charge in [-0.05, 0) is 50.2 Å². The topological polar surface area (TPSA) is 62.6 Å². The summed E-state index contributed by atoms with van der Waals surface area (Å²) in [5, 5.41) is 2.76. The van der Waals surface area contributed by atoms with Gasteiger partial charge >= 0.3 is 0 Å². The van der Waals surface area contributed by atoms with Gasteiger partial charge in [-0.15, -0.1) is 11.6 Å². The van der Waals surface area contributed by atoms with Gasteiger partial charge in [0.15, 0.2) is 5.76 Å². The molecule has 1 N–H and O–H groups in total. The minimum absolute atomic E-state index is 0.164. The van der Waals surface area contributed by atoms with E-state index in [1.165, 1.54) is 35.4 Å². The predicted molar refractivity (Wildman–Crippen MR) is 94.3 cm³/mol. The molecule has 2 aromatic rings. The zero-order valence-corrected chi connectivity index (χ0v) is 14.8. The maximum Gasteiger partial charge on any atom is 0.294 e. The van der Waals surface area contributed by atoms with E-state index >= 15 is 0 Å². The van der Waals surface area contributed by atoms with Crippen LogP contribution in [0.5, 0.6) is 0 Å². The van der Waals surface area contributed by atoms with Gasteiger partial charge in [-0.3, -0.25) is 9.59 Å². The zero-order chi connectivity index (χ0) is 18.4. The van der Waals surface area contributed by atoms with E-state index in [0.29, 0.717) is 5.69 Å². The summed E-state index contributed by atoms with van der Waals surface area (Å²) in [6, 6.07) is 8.70. The minimum atomic E-state index is -0.701. The molecule has 2 amide bonds. The van der Waals surface area contributed by atoms with Crippen LogP contribution in [0, 0.1) is 11.2 Å². The first-order valence-corrected chi connectivity index (χ1v) is 8.34. The van der Waals surface area contributed by atoms with Crippen LogP contribution in [0.2, 0.25) is 0 Å². The lowest BCUT2D eigenvalue weighted by molar-refractivity contribution is -0.128. The molecule has 1 aromatic heterocycles. The Hall–Kier alpha value is -2.34. The molecule has 25 heavy (non-hydrogen) atoms. The molecule has 0 fully saturated rings. The van der Waals surface area contributed by atoms with Gasteiger partial charge in [-0.1, -0.05) is 0 Å². The smallest absolute Gasteiger partial charge is 0.294 e. The number of nitrogens with one attached hydrogen (secondary N) is 1. The molecule has 0 aliphatic carbocycles. The number of anilines is 1. The van der Waals surface area contributed by atoms with Crippen molar-refractivity contribution in [3.05, 3.63) is 54.2 Å². The third kappa shape index (κ3) is 4.82. The summed E-state index contributed by atoms with van der Waals surface area (Å²) in [5.74, 6) is -0.622. The molecular weight excluding hydrogens is 347 g/mol. The van der Waals surface area contributed by atoms with Crippen LogP contribution in [0.3, 0.4) is 0 Å². The SMILES string of the molecule is CC(C)(CCl)C(=O)NCCN(C(=O)c1ccco1)c1ccc(F)cc1. The molecule has 0 unspecified atom stereocenters. The molecule has 1 heterocycles. The molecule has 0 bridgehead atoms. The van der Waals surface area contributed by atoms with Gasteiger partial charge in [-0.2, -0.15) is 0 Å². The molecule has 1 aromatic carbocycles. The first-order valence-electron chi connectivity index (χ1n) is 7.80. The quantitative estimate of drug-likeness (QED) is 0.763. The Kier molecular flexibility index (Phi) is 6.20. The highest BCUT2D eigenvalue weighted by molar-refractivity contribution is 6.19. The van der Waals surface area contributed by atoms with Crippen LogP contribution in [0.1, 0.15) is 24.4 Å². The van der Waals surface area contributed by atoms with E-state index in [0.717, 1.165) is 0 Å². The van der Waals surface area contributed by atoms with Crippen molar-refractivity contribution in [1.82, 2.24) is 5.32 Å². The third-order valence-corrected chi connectivity index (χ3v) is 4.35. The second-order valence-corrected chi connectivity index (χ2v) is 6.45. The van der Waals surface area contributed by atoms with Crippen molar-refractivity contribution >= 4 is 29.1 Å². The van der Waals surface area contributed by atoms with Crippen molar-refractivity contribution in [1.29, 1.82) is 0 Å². The molecular formula is C18H20ClFN2O3. The van der Waals surface area contributed by atoms with Gasteiger partial charge in [0.1, 0.15) is 5.82 Å². The number of hydrogen-bond donors (Lipinski definition) is 1. The lowest BCUT2D eigenvalue weighted by Gasteiger charge is -2.24. The molecule has 134 valence electrons. The molecule has 0 saturated carbocycles. The van der Waals surface area contributed by atoms with Gasteiger partial charge in [0.25, 0.3) is 5.91 Å². The normalized spacial score (nSPS) is 11.2. The first kappa shape index (κ1) is 19.0. The van der Waals surface area contributed by atoms with Gasteiger partial charge in [0.2, 0.25) is 5.91 Å². The molecule has 2 rings (SSSR count). The summed E-state index contributed by atoms with van der Waals surface area (Å²) < 4.78 is 18.3. The fourth-order valence-corrected chi connectivity index (χ4v) is 2.20. The molecule has 0 spiro atoms. The molecule has 5 nitrogen and oxygen atoms in total. The number of carbonyl (C=O) groups excluding carboxylic acids is 2. The number of furan rings is 1. The molecule has 0 aliphatic rings. The lowest BCUT2D eigenvalue weighted by atomic mass is 9.95. The molecule has 0 aliphatic heterocycles. The van der Waals surface area contributed by atoms with Crippen LogP contribution in [-0.4, -0.2) is 30.8 Å². The fraction of sp³-hybridized carbons (Fsp3) is 0.333. The summed E-state index contributed by atoms with van der Waals surface area (Å²) in [7, 11) is 0. The maximum absolute atomic E-state index is 13.2. The van der Waals surface area contributed by atoms with Crippen molar-refractivity contribution in [2.75, 3.05) is 23.9 Å². The highest BCUT2D eigenvalue weighted by atomic mass is 35.5. The number of halogens is 2. The largest absolute Gasteiger partial charge is 0.459 e. The van der Waals surface area contributed by atoms with Crippen LogP contribution in [-0.2, 0) is 4.79 Å². The number of carbonyl (C=O) groups is 2. The van der Waals surface area contributed by atoms with Crippen LogP contribution in [0.25, 0.3) is 0 Å². The fourth-order valence-electron chi connectivity index (χ4n) is 2.08. The number of rotatable bonds is 7. The van der Waals surface area contributed by atoms with Crippen molar-refractivity contribution in [2.24, 2.45) is 5.41 Å². The monoisotopic (exact) mass is 366 g/mol. The number of hydrogen-bond acceptors (Lipinski definition) is 3. The van der Waals surface area contributed by atoms with Gasteiger partial charge in [-0.25, -0.2) is 4.39 Å². The van der Waals surface area contributed by atoms with E-state index in [4.69, 9.17) is 16.0 Å². The summed E-state index contributed by atoms with van der Waals surface area (Å²) in [4.78, 5) is 26.1. The average molecular weight is 367 g/mol. The van der Waals surface area contributed by atoms with Crippen molar-refractivity contribution in [3.8, 4) is 0 Å².